The van der Waals surface area contributed by atoms with Crippen LogP contribution in [0, 0.1) is 0 Å². The lowest BCUT2D eigenvalue weighted by atomic mass is 10.1. The van der Waals surface area contributed by atoms with Gasteiger partial charge in [-0.15, -0.1) is 0 Å². The fraction of sp³-hybridized carbons (Fsp3) is 0.200. The average molecular weight is 411 g/mol. The van der Waals surface area contributed by atoms with E-state index in [4.69, 9.17) is 0 Å². The summed E-state index contributed by atoms with van der Waals surface area (Å²) in [4.78, 5) is 0. The Hall–Kier alpha value is -2.59. The highest BCUT2D eigenvalue weighted by Gasteiger charge is 2.42. The van der Waals surface area contributed by atoms with E-state index < -0.39 is 19.8 Å². The summed E-state index contributed by atoms with van der Waals surface area (Å²) in [5.74, 6) is 0. The molecule has 0 saturated carbocycles. The van der Waals surface area contributed by atoms with Crippen molar-refractivity contribution >= 4 is 23.6 Å². The van der Waals surface area contributed by atoms with Crippen molar-refractivity contribution in [3.63, 3.8) is 0 Å². The van der Waals surface area contributed by atoms with Crippen molar-refractivity contribution in [2.24, 2.45) is 0 Å². The van der Waals surface area contributed by atoms with E-state index in [2.05, 4.69) is 0 Å². The number of unbranched alkanes of at least 4 members (excludes halogenated alkanes) is 1. The Balaban J connectivity index is 2.37. The van der Waals surface area contributed by atoms with Gasteiger partial charge in [0.15, 0.2) is 8.07 Å². The quantitative estimate of drug-likeness (QED) is 0.363. The second kappa shape index (κ2) is 9.27. The van der Waals surface area contributed by atoms with E-state index >= 15 is 0 Å². The van der Waals surface area contributed by atoms with Gasteiger partial charge in [0.2, 0.25) is 0 Å². The van der Waals surface area contributed by atoms with Crippen molar-refractivity contribution in [1.82, 2.24) is 0 Å². The Morgan fingerprint density at radius 2 is 1.10 bits per heavy atom. The highest BCUT2D eigenvalue weighted by Crippen LogP contribution is 2.31. The first kappa shape index (κ1) is 21.1. The van der Waals surface area contributed by atoms with E-state index in [1.807, 2.05) is 97.9 Å². The first-order valence-electron chi connectivity index (χ1n) is 9.94. The van der Waals surface area contributed by atoms with Gasteiger partial charge in [-0.05, 0) is 28.4 Å². The summed E-state index contributed by atoms with van der Waals surface area (Å²) in [7, 11) is -3.03. The van der Waals surface area contributed by atoms with E-state index in [1.54, 1.807) is 5.70 Å². The van der Waals surface area contributed by atoms with Crippen LogP contribution in [0.25, 0.3) is 0 Å². The van der Waals surface area contributed by atoms with Crippen LogP contribution in [0.2, 0.25) is 0 Å². The van der Waals surface area contributed by atoms with Crippen molar-refractivity contribution in [2.45, 2.75) is 32.4 Å². The van der Waals surface area contributed by atoms with Gasteiger partial charge in [0, 0.05) is 5.57 Å². The zero-order valence-electron chi connectivity index (χ0n) is 16.5. The second-order valence-electron chi connectivity index (χ2n) is 7.18. The Bertz CT molecular complexity index is 820. The van der Waals surface area contributed by atoms with Gasteiger partial charge in [-0.25, -0.2) is 0 Å². The molecule has 0 atom stereocenters. The molecular formula is C25H25F3Si. The molecule has 0 aliphatic rings. The maximum absolute atomic E-state index is 14.1. The molecule has 3 aromatic rings. The molecule has 0 aliphatic carbocycles. The van der Waals surface area contributed by atoms with Gasteiger partial charge in [0.1, 0.15) is 0 Å². The average Bonchev–Trinajstić information content (AvgIpc) is 2.75. The van der Waals surface area contributed by atoms with E-state index in [-0.39, 0.29) is 6.42 Å². The van der Waals surface area contributed by atoms with Crippen molar-refractivity contribution in [2.75, 3.05) is 0 Å². The van der Waals surface area contributed by atoms with Crippen LogP contribution in [-0.2, 0) is 0 Å². The van der Waals surface area contributed by atoms with E-state index in [0.29, 0.717) is 6.42 Å². The maximum atomic E-state index is 14.1. The molecule has 0 spiro atoms. The Morgan fingerprint density at radius 3 is 1.41 bits per heavy atom. The zero-order valence-corrected chi connectivity index (χ0v) is 17.5. The molecule has 0 fully saturated rings. The number of allylic oxidation sites excluding steroid dienone is 1. The van der Waals surface area contributed by atoms with Crippen LogP contribution < -0.4 is 15.6 Å². The lowest BCUT2D eigenvalue weighted by Crippen LogP contribution is -2.66. The topological polar surface area (TPSA) is 0 Å². The van der Waals surface area contributed by atoms with Crippen LogP contribution >= 0.6 is 0 Å². The summed E-state index contributed by atoms with van der Waals surface area (Å²) in [6, 6.07) is 29.0. The molecule has 150 valence electrons. The first-order chi connectivity index (χ1) is 14.0. The third-order valence-corrected chi connectivity index (χ3v) is 9.76. The minimum Gasteiger partial charge on any atom is -0.167 e. The Kier molecular flexibility index (Phi) is 6.75. The number of alkyl halides is 3. The molecule has 0 aromatic heterocycles. The van der Waals surface area contributed by atoms with Crippen LogP contribution in [0.3, 0.4) is 0 Å². The van der Waals surface area contributed by atoms with Crippen LogP contribution in [-0.4, -0.2) is 14.3 Å². The molecule has 0 radical (unpaired) electrons. The minimum atomic E-state index is -4.34. The highest BCUT2D eigenvalue weighted by atomic mass is 28.3. The third kappa shape index (κ3) is 4.70. The number of hydrogen-bond acceptors (Lipinski definition) is 0. The van der Waals surface area contributed by atoms with Crippen molar-refractivity contribution in [1.29, 1.82) is 0 Å². The lowest BCUT2D eigenvalue weighted by Gasteiger charge is -2.32. The van der Waals surface area contributed by atoms with Crippen molar-refractivity contribution < 1.29 is 13.2 Å². The Morgan fingerprint density at radius 1 is 0.724 bits per heavy atom. The van der Waals surface area contributed by atoms with Crippen LogP contribution in [0.4, 0.5) is 13.2 Å². The molecular weight excluding hydrogens is 385 g/mol. The van der Waals surface area contributed by atoms with Crippen molar-refractivity contribution in [3.05, 3.63) is 102 Å². The summed E-state index contributed by atoms with van der Waals surface area (Å²) in [6.45, 7) is 1.92. The minimum absolute atomic E-state index is 0.0429. The molecule has 4 heteroatoms. The van der Waals surface area contributed by atoms with Gasteiger partial charge in [0.25, 0.3) is 0 Å². The Labute approximate surface area is 171 Å². The zero-order chi connectivity index (χ0) is 20.7. The molecule has 0 N–H and O–H groups in total. The highest BCUT2D eigenvalue weighted by molar-refractivity contribution is 7.14. The summed E-state index contributed by atoms with van der Waals surface area (Å²) in [6.07, 6.45) is -3.05. The molecule has 0 heterocycles. The third-order valence-electron chi connectivity index (χ3n) is 5.24. The SMILES string of the molecule is CCCCC(=C[Si](c1ccccc1)(c1ccccc1)c1ccccc1)C(F)(F)F. The normalized spacial score (nSPS) is 12.8. The summed E-state index contributed by atoms with van der Waals surface area (Å²) in [5.41, 5.74) is 1.17. The summed E-state index contributed by atoms with van der Waals surface area (Å²) < 4.78 is 42.2. The van der Waals surface area contributed by atoms with E-state index in [0.717, 1.165) is 22.0 Å². The predicted molar refractivity (Wildman–Crippen MR) is 118 cm³/mol. The molecule has 0 amide bonds. The number of hydrogen-bond donors (Lipinski definition) is 0. The number of halogens is 3. The molecule has 3 aromatic carbocycles. The fourth-order valence-corrected chi connectivity index (χ4v) is 8.26. The van der Waals surface area contributed by atoms with Gasteiger partial charge < -0.3 is 0 Å². The van der Waals surface area contributed by atoms with Gasteiger partial charge in [-0.2, -0.15) is 13.2 Å². The van der Waals surface area contributed by atoms with Gasteiger partial charge in [-0.3, -0.25) is 0 Å². The molecule has 0 saturated heterocycles. The van der Waals surface area contributed by atoms with Crippen LogP contribution in [0.15, 0.2) is 102 Å². The van der Waals surface area contributed by atoms with Gasteiger partial charge >= 0.3 is 6.18 Å². The fourth-order valence-electron chi connectivity index (χ4n) is 3.78. The molecule has 0 nitrogen and oxygen atoms in total. The predicted octanol–water partition coefficient (Wildman–Crippen LogP) is 5.37. The summed E-state index contributed by atoms with van der Waals surface area (Å²) in [5, 5.41) is 2.86. The molecule has 0 aliphatic heterocycles. The maximum Gasteiger partial charge on any atom is 0.412 e. The standard InChI is InChI=1S/C25H25F3Si/c1-2-3-13-21(25(26,27)28)20-29(22-14-7-4-8-15-22,23-16-9-5-10-17-23)24-18-11-6-12-19-24/h4-12,14-20H,2-3,13H2,1H3. The van der Waals surface area contributed by atoms with E-state index in [1.165, 1.54) is 0 Å². The molecule has 3 rings (SSSR count). The monoisotopic (exact) mass is 410 g/mol. The first-order valence-corrected chi connectivity index (χ1v) is 12.0. The second-order valence-corrected chi connectivity index (χ2v) is 10.8. The lowest BCUT2D eigenvalue weighted by molar-refractivity contribution is -0.0939. The number of benzene rings is 3. The van der Waals surface area contributed by atoms with Crippen molar-refractivity contribution in [3.8, 4) is 0 Å². The largest absolute Gasteiger partial charge is 0.412 e. The number of rotatable bonds is 7. The molecule has 0 unspecified atom stereocenters. The smallest absolute Gasteiger partial charge is 0.167 e. The van der Waals surface area contributed by atoms with Crippen LogP contribution in [0.1, 0.15) is 26.2 Å². The van der Waals surface area contributed by atoms with Crippen LogP contribution in [0.5, 0.6) is 0 Å². The van der Waals surface area contributed by atoms with Gasteiger partial charge in [0.05, 0.1) is 0 Å². The molecule has 0 bridgehead atoms. The van der Waals surface area contributed by atoms with E-state index in [9.17, 15) is 13.2 Å². The molecule has 29 heavy (non-hydrogen) atoms. The summed E-state index contributed by atoms with van der Waals surface area (Å²) >= 11 is 0. The van der Waals surface area contributed by atoms with Gasteiger partial charge in [-0.1, -0.05) is 110 Å².